The third kappa shape index (κ3) is 2.52. The zero-order valence-electron chi connectivity index (χ0n) is 11.7. The van der Waals surface area contributed by atoms with E-state index in [9.17, 15) is 9.59 Å². The van der Waals surface area contributed by atoms with Gasteiger partial charge in [-0.1, -0.05) is 18.2 Å². The highest BCUT2D eigenvalue weighted by molar-refractivity contribution is 5.97. The molecule has 1 aliphatic rings. The molecule has 1 aromatic carbocycles. The number of H-pyrrole nitrogens is 1. The molecule has 0 bridgehead atoms. The van der Waals surface area contributed by atoms with Crippen molar-refractivity contribution < 1.29 is 9.59 Å². The first kappa shape index (κ1) is 13.4. The second-order valence-corrected chi connectivity index (χ2v) is 5.09. The summed E-state index contributed by atoms with van der Waals surface area (Å²) in [5, 5.41) is 2.85. The lowest BCUT2D eigenvalue weighted by molar-refractivity contribution is -0.119. The van der Waals surface area contributed by atoms with Crippen molar-refractivity contribution in [3.63, 3.8) is 0 Å². The van der Waals surface area contributed by atoms with Crippen molar-refractivity contribution in [2.45, 2.75) is 12.3 Å². The van der Waals surface area contributed by atoms with E-state index in [0.29, 0.717) is 18.7 Å². The number of carbonyl (C=O) groups is 2. The third-order valence-electron chi connectivity index (χ3n) is 3.78. The molecule has 1 atom stereocenters. The summed E-state index contributed by atoms with van der Waals surface area (Å²) < 4.78 is 0. The van der Waals surface area contributed by atoms with Crippen molar-refractivity contribution in [3.05, 3.63) is 48.0 Å². The number of hydrogen-bond acceptors (Lipinski definition) is 3. The van der Waals surface area contributed by atoms with E-state index in [1.54, 1.807) is 11.9 Å². The minimum Gasteiger partial charge on any atom is -0.350 e. The van der Waals surface area contributed by atoms with Crippen LogP contribution < -0.4 is 10.2 Å². The number of hydrogen-bond donors (Lipinski definition) is 2. The molecule has 0 aliphatic carbocycles. The van der Waals surface area contributed by atoms with E-state index in [1.807, 2.05) is 24.3 Å². The first-order valence-electron chi connectivity index (χ1n) is 6.79. The van der Waals surface area contributed by atoms with Crippen LogP contribution in [0.15, 0.2) is 36.8 Å². The van der Waals surface area contributed by atoms with Gasteiger partial charge in [-0.15, -0.1) is 0 Å². The van der Waals surface area contributed by atoms with Gasteiger partial charge in [0, 0.05) is 31.6 Å². The summed E-state index contributed by atoms with van der Waals surface area (Å²) in [5.74, 6) is -0.150. The van der Waals surface area contributed by atoms with Gasteiger partial charge in [0.25, 0.3) is 5.91 Å². The molecule has 2 heterocycles. The fourth-order valence-electron chi connectivity index (χ4n) is 2.60. The summed E-state index contributed by atoms with van der Waals surface area (Å²) >= 11 is 0. The lowest BCUT2D eigenvalue weighted by atomic mass is 9.89. The summed E-state index contributed by atoms with van der Waals surface area (Å²) in [6.07, 6.45) is 3.34. The predicted molar refractivity (Wildman–Crippen MR) is 78.1 cm³/mol. The van der Waals surface area contributed by atoms with Crippen LogP contribution in [0.3, 0.4) is 0 Å². The van der Waals surface area contributed by atoms with E-state index >= 15 is 0 Å². The monoisotopic (exact) mass is 284 g/mol. The Morgan fingerprint density at radius 3 is 3.05 bits per heavy atom. The van der Waals surface area contributed by atoms with Crippen LogP contribution in [0, 0.1) is 0 Å². The number of aromatic nitrogens is 2. The third-order valence-corrected chi connectivity index (χ3v) is 3.78. The summed E-state index contributed by atoms with van der Waals surface area (Å²) in [6, 6.07) is 7.79. The fourth-order valence-corrected chi connectivity index (χ4v) is 2.60. The fraction of sp³-hybridized carbons (Fsp3) is 0.267. The summed E-state index contributed by atoms with van der Waals surface area (Å²) in [6.45, 7) is 0.425. The Morgan fingerprint density at radius 2 is 2.29 bits per heavy atom. The van der Waals surface area contributed by atoms with Crippen LogP contribution in [0.5, 0.6) is 0 Å². The number of rotatable bonds is 3. The smallest absolute Gasteiger partial charge is 0.269 e. The zero-order valence-corrected chi connectivity index (χ0v) is 11.7. The van der Waals surface area contributed by atoms with Gasteiger partial charge >= 0.3 is 0 Å². The van der Waals surface area contributed by atoms with Gasteiger partial charge in [0.1, 0.15) is 5.69 Å². The van der Waals surface area contributed by atoms with Gasteiger partial charge < -0.3 is 15.2 Å². The van der Waals surface area contributed by atoms with Gasteiger partial charge in [0.2, 0.25) is 5.91 Å². The minimum atomic E-state index is -0.212. The largest absolute Gasteiger partial charge is 0.350 e. The van der Waals surface area contributed by atoms with Gasteiger partial charge in [-0.3, -0.25) is 9.59 Å². The summed E-state index contributed by atoms with van der Waals surface area (Å²) in [7, 11) is 1.78. The van der Waals surface area contributed by atoms with Crippen LogP contribution in [0.4, 0.5) is 5.69 Å². The molecule has 1 aromatic heterocycles. The second-order valence-electron chi connectivity index (χ2n) is 5.09. The average molecular weight is 284 g/mol. The molecule has 0 saturated carbocycles. The van der Waals surface area contributed by atoms with Crippen molar-refractivity contribution in [1.29, 1.82) is 0 Å². The topological polar surface area (TPSA) is 78.1 Å². The van der Waals surface area contributed by atoms with Gasteiger partial charge in [-0.25, -0.2) is 4.98 Å². The minimum absolute atomic E-state index is 0.00299. The number of aromatic amines is 1. The number of benzene rings is 1. The molecule has 6 nitrogen and oxygen atoms in total. The first-order chi connectivity index (χ1) is 10.2. The van der Waals surface area contributed by atoms with Crippen LogP contribution in [0.1, 0.15) is 28.4 Å². The van der Waals surface area contributed by atoms with Gasteiger partial charge in [-0.05, 0) is 11.6 Å². The highest BCUT2D eigenvalue weighted by atomic mass is 16.2. The van der Waals surface area contributed by atoms with Crippen molar-refractivity contribution >= 4 is 17.5 Å². The van der Waals surface area contributed by atoms with Crippen LogP contribution in [0.2, 0.25) is 0 Å². The van der Waals surface area contributed by atoms with E-state index in [1.165, 1.54) is 12.5 Å². The zero-order chi connectivity index (χ0) is 14.8. The first-order valence-corrected chi connectivity index (χ1v) is 6.79. The summed E-state index contributed by atoms with van der Waals surface area (Å²) in [5.41, 5.74) is 2.42. The van der Waals surface area contributed by atoms with E-state index in [4.69, 9.17) is 0 Å². The molecule has 1 aliphatic heterocycles. The standard InChI is InChI=1S/C15H16N4O2/c1-19-13-5-3-2-4-11(13)10(6-14(19)20)7-17-15(21)12-8-16-9-18-12/h2-5,8-10H,6-7H2,1H3,(H,16,18)(H,17,21)/t10-/m1/s1. The number of nitrogens with zero attached hydrogens (tertiary/aromatic N) is 2. The van der Waals surface area contributed by atoms with Gasteiger partial charge in [-0.2, -0.15) is 0 Å². The number of anilines is 1. The number of fused-ring (bicyclic) bond motifs is 1. The Morgan fingerprint density at radius 1 is 1.48 bits per heavy atom. The van der Waals surface area contributed by atoms with E-state index in [-0.39, 0.29) is 17.7 Å². The summed E-state index contributed by atoms with van der Waals surface area (Å²) in [4.78, 5) is 32.2. The molecule has 2 N–H and O–H groups in total. The Hall–Kier alpha value is -2.63. The van der Waals surface area contributed by atoms with Crippen LogP contribution in [0.25, 0.3) is 0 Å². The molecule has 2 aromatic rings. The maximum atomic E-state index is 12.0. The maximum absolute atomic E-state index is 12.0. The highest BCUT2D eigenvalue weighted by Gasteiger charge is 2.29. The lowest BCUT2D eigenvalue weighted by Crippen LogP contribution is -2.37. The van der Waals surface area contributed by atoms with Crippen molar-refractivity contribution in [2.24, 2.45) is 0 Å². The molecule has 3 rings (SSSR count). The molecule has 21 heavy (non-hydrogen) atoms. The SMILES string of the molecule is CN1C(=O)C[C@H](CNC(=O)c2cnc[nH]2)c2ccccc21. The highest BCUT2D eigenvalue weighted by Crippen LogP contribution is 2.34. The second kappa shape index (κ2) is 5.40. The molecular weight excluding hydrogens is 268 g/mol. The van der Waals surface area contributed by atoms with Crippen molar-refractivity contribution in [1.82, 2.24) is 15.3 Å². The molecular formula is C15H16N4O2. The van der Waals surface area contributed by atoms with Gasteiger partial charge in [0.15, 0.2) is 0 Å². The molecule has 0 fully saturated rings. The molecule has 6 heteroatoms. The lowest BCUT2D eigenvalue weighted by Gasteiger charge is -2.31. The van der Waals surface area contributed by atoms with Crippen molar-refractivity contribution in [2.75, 3.05) is 18.5 Å². The number of imidazole rings is 1. The number of carbonyl (C=O) groups excluding carboxylic acids is 2. The van der Waals surface area contributed by atoms with Crippen LogP contribution in [-0.4, -0.2) is 35.4 Å². The molecule has 0 radical (unpaired) electrons. The van der Waals surface area contributed by atoms with E-state index in [2.05, 4.69) is 15.3 Å². The number of para-hydroxylation sites is 1. The normalized spacial score (nSPS) is 17.5. The predicted octanol–water partition coefficient (Wildman–Crippen LogP) is 1.29. The number of amides is 2. The Labute approximate surface area is 122 Å². The molecule has 2 amide bonds. The molecule has 0 unspecified atom stereocenters. The maximum Gasteiger partial charge on any atom is 0.269 e. The quantitative estimate of drug-likeness (QED) is 0.891. The number of nitrogens with one attached hydrogen (secondary N) is 2. The average Bonchev–Trinajstić information content (AvgIpc) is 3.03. The van der Waals surface area contributed by atoms with Crippen LogP contribution in [-0.2, 0) is 4.79 Å². The van der Waals surface area contributed by atoms with Gasteiger partial charge in [0.05, 0.1) is 12.5 Å². The van der Waals surface area contributed by atoms with E-state index < -0.39 is 0 Å². The molecule has 0 spiro atoms. The Balaban J connectivity index is 1.75. The van der Waals surface area contributed by atoms with Crippen LogP contribution >= 0.6 is 0 Å². The molecule has 0 saturated heterocycles. The Bertz CT molecular complexity index is 666. The molecule has 108 valence electrons. The van der Waals surface area contributed by atoms with Crippen molar-refractivity contribution in [3.8, 4) is 0 Å². The Kier molecular flexibility index (Phi) is 3.43. The van der Waals surface area contributed by atoms with E-state index in [0.717, 1.165) is 11.3 Å².